The van der Waals surface area contributed by atoms with Crippen molar-refractivity contribution in [2.24, 2.45) is 0 Å². The first-order valence-corrected chi connectivity index (χ1v) is 8.34. The van der Waals surface area contributed by atoms with Gasteiger partial charge < -0.3 is 9.15 Å². The second-order valence-electron chi connectivity index (χ2n) is 5.14. The van der Waals surface area contributed by atoms with Crippen molar-refractivity contribution in [1.82, 2.24) is 8.61 Å². The number of ether oxygens (including phenoxy) is 1. The van der Waals surface area contributed by atoms with Crippen molar-refractivity contribution in [2.75, 3.05) is 26.2 Å². The van der Waals surface area contributed by atoms with Crippen LogP contribution in [0.2, 0.25) is 0 Å². The zero-order valence-corrected chi connectivity index (χ0v) is 12.3. The van der Waals surface area contributed by atoms with Crippen molar-refractivity contribution in [2.45, 2.75) is 25.0 Å². The first-order chi connectivity index (χ1) is 10.1. The van der Waals surface area contributed by atoms with Crippen LogP contribution < -0.4 is 0 Å². The predicted octanol–water partition coefficient (Wildman–Crippen LogP) is 0.886. The van der Waals surface area contributed by atoms with Crippen molar-refractivity contribution >= 4 is 10.2 Å². The summed E-state index contributed by atoms with van der Waals surface area (Å²) in [6.45, 7) is 1.08. The Hall–Kier alpha value is -1.40. The molecule has 3 heterocycles. The lowest BCUT2D eigenvalue weighted by Gasteiger charge is -2.33. The van der Waals surface area contributed by atoms with E-state index in [1.165, 1.54) is 8.61 Å². The first-order valence-electron chi connectivity index (χ1n) is 6.94. The summed E-state index contributed by atoms with van der Waals surface area (Å²) in [5, 5.41) is 8.92. The summed E-state index contributed by atoms with van der Waals surface area (Å²) in [6.07, 6.45) is 2.41. The molecule has 7 nitrogen and oxygen atoms in total. The number of furan rings is 1. The third-order valence-corrected chi connectivity index (χ3v) is 5.89. The van der Waals surface area contributed by atoms with Gasteiger partial charge in [0, 0.05) is 13.1 Å². The van der Waals surface area contributed by atoms with Crippen molar-refractivity contribution in [3.05, 3.63) is 24.2 Å². The molecule has 1 aromatic heterocycles. The smallest absolute Gasteiger partial charge is 0.282 e. The van der Waals surface area contributed by atoms with Crippen LogP contribution in [-0.4, -0.2) is 49.4 Å². The Bertz CT molecular complexity index is 622. The Kier molecular flexibility index (Phi) is 3.99. The molecule has 0 N–H and O–H groups in total. The second kappa shape index (κ2) is 5.77. The predicted molar refractivity (Wildman–Crippen MR) is 73.2 cm³/mol. The summed E-state index contributed by atoms with van der Waals surface area (Å²) >= 11 is 0. The van der Waals surface area contributed by atoms with Gasteiger partial charge in [0.05, 0.1) is 31.5 Å². The van der Waals surface area contributed by atoms with Crippen LogP contribution in [0.25, 0.3) is 0 Å². The van der Waals surface area contributed by atoms with Crippen LogP contribution in [0.4, 0.5) is 0 Å². The number of nitrogens with zero attached hydrogens (tertiary/aromatic N) is 3. The maximum absolute atomic E-state index is 12.8. The van der Waals surface area contributed by atoms with Crippen molar-refractivity contribution in [1.29, 1.82) is 5.26 Å². The van der Waals surface area contributed by atoms with E-state index in [2.05, 4.69) is 0 Å². The Labute approximate surface area is 123 Å². The van der Waals surface area contributed by atoms with E-state index in [9.17, 15) is 8.42 Å². The number of morpholine rings is 1. The van der Waals surface area contributed by atoms with E-state index in [0.717, 1.165) is 12.8 Å². The van der Waals surface area contributed by atoms with Gasteiger partial charge in [0.1, 0.15) is 5.76 Å². The Balaban J connectivity index is 1.82. The highest BCUT2D eigenvalue weighted by Gasteiger charge is 2.41. The van der Waals surface area contributed by atoms with Crippen LogP contribution in [0.5, 0.6) is 0 Å². The minimum absolute atomic E-state index is 0.0835. The Morgan fingerprint density at radius 3 is 2.95 bits per heavy atom. The molecular weight excluding hydrogens is 294 g/mol. The van der Waals surface area contributed by atoms with E-state index in [-0.39, 0.29) is 25.7 Å². The quantitative estimate of drug-likeness (QED) is 0.827. The van der Waals surface area contributed by atoms with E-state index in [4.69, 9.17) is 14.4 Å². The van der Waals surface area contributed by atoms with E-state index in [0.29, 0.717) is 12.3 Å². The molecule has 0 amide bonds. The lowest BCUT2D eigenvalue weighted by molar-refractivity contribution is 0.0286. The molecule has 21 heavy (non-hydrogen) atoms. The maximum atomic E-state index is 12.8. The minimum Gasteiger partial charge on any atom is -0.468 e. The van der Waals surface area contributed by atoms with Gasteiger partial charge in [-0.3, -0.25) is 0 Å². The van der Waals surface area contributed by atoms with Crippen LogP contribution in [0.3, 0.4) is 0 Å². The summed E-state index contributed by atoms with van der Waals surface area (Å²) in [5.74, 6) is 0.668. The Morgan fingerprint density at radius 2 is 2.24 bits per heavy atom. The molecule has 0 aliphatic carbocycles. The van der Waals surface area contributed by atoms with Gasteiger partial charge in [0.25, 0.3) is 10.2 Å². The van der Waals surface area contributed by atoms with Gasteiger partial charge in [-0.15, -0.1) is 0 Å². The molecule has 0 aromatic carbocycles. The number of rotatable bonds is 3. The van der Waals surface area contributed by atoms with Gasteiger partial charge in [-0.1, -0.05) is 0 Å². The number of nitriles is 1. The summed E-state index contributed by atoms with van der Waals surface area (Å²) < 4.78 is 39.0. The highest BCUT2D eigenvalue weighted by molar-refractivity contribution is 7.86. The molecule has 3 rings (SSSR count). The maximum Gasteiger partial charge on any atom is 0.282 e. The largest absolute Gasteiger partial charge is 0.468 e. The standard InChI is InChI=1S/C13H17N3O4S/c14-9-11-10-15(6-8-19-11)21(17,18)16-5-1-3-12(16)13-4-2-7-20-13/h2,4,7,11-12H,1,3,5-6,8,10H2/t11-,12+/m0/s1. The van der Waals surface area contributed by atoms with E-state index in [1.807, 2.05) is 6.07 Å². The molecule has 0 unspecified atom stereocenters. The number of hydrogen-bond acceptors (Lipinski definition) is 5. The van der Waals surface area contributed by atoms with Gasteiger partial charge in [-0.2, -0.15) is 22.3 Å². The minimum atomic E-state index is -3.60. The van der Waals surface area contributed by atoms with Crippen LogP contribution in [0.1, 0.15) is 24.6 Å². The van der Waals surface area contributed by atoms with Crippen molar-refractivity contribution < 1.29 is 17.6 Å². The van der Waals surface area contributed by atoms with Crippen molar-refractivity contribution in [3.8, 4) is 6.07 Å². The molecule has 2 atom stereocenters. The Morgan fingerprint density at radius 1 is 1.38 bits per heavy atom. The third-order valence-electron chi connectivity index (χ3n) is 3.87. The summed E-state index contributed by atoms with van der Waals surface area (Å²) in [7, 11) is -3.60. The van der Waals surface area contributed by atoms with Gasteiger partial charge in [0.15, 0.2) is 6.10 Å². The van der Waals surface area contributed by atoms with Gasteiger partial charge in [-0.25, -0.2) is 0 Å². The van der Waals surface area contributed by atoms with E-state index < -0.39 is 16.3 Å². The van der Waals surface area contributed by atoms with Crippen LogP contribution in [0, 0.1) is 11.3 Å². The molecule has 0 spiro atoms. The molecule has 1 aromatic rings. The van der Waals surface area contributed by atoms with Crippen LogP contribution in [0.15, 0.2) is 22.8 Å². The monoisotopic (exact) mass is 311 g/mol. The molecule has 2 saturated heterocycles. The molecule has 2 aliphatic rings. The highest BCUT2D eigenvalue weighted by Crippen LogP contribution is 2.35. The normalized spacial score (nSPS) is 28.5. The highest BCUT2D eigenvalue weighted by atomic mass is 32.2. The van der Waals surface area contributed by atoms with Crippen LogP contribution >= 0.6 is 0 Å². The van der Waals surface area contributed by atoms with Gasteiger partial charge >= 0.3 is 0 Å². The summed E-state index contributed by atoms with van der Waals surface area (Å²) in [6, 6.07) is 5.28. The summed E-state index contributed by atoms with van der Waals surface area (Å²) in [4.78, 5) is 0. The van der Waals surface area contributed by atoms with Gasteiger partial charge in [-0.05, 0) is 25.0 Å². The third kappa shape index (κ3) is 2.70. The molecule has 0 bridgehead atoms. The fraction of sp³-hybridized carbons (Fsp3) is 0.615. The van der Waals surface area contributed by atoms with E-state index in [1.54, 1.807) is 18.4 Å². The lowest BCUT2D eigenvalue weighted by atomic mass is 10.2. The van der Waals surface area contributed by atoms with Crippen LogP contribution in [-0.2, 0) is 14.9 Å². The zero-order valence-electron chi connectivity index (χ0n) is 11.5. The fourth-order valence-electron chi connectivity index (χ4n) is 2.84. The molecule has 8 heteroatoms. The lowest BCUT2D eigenvalue weighted by Crippen LogP contribution is -2.50. The van der Waals surface area contributed by atoms with Crippen molar-refractivity contribution in [3.63, 3.8) is 0 Å². The molecule has 0 saturated carbocycles. The molecule has 2 fully saturated rings. The molecule has 114 valence electrons. The van der Waals surface area contributed by atoms with Gasteiger partial charge in [0.2, 0.25) is 0 Å². The second-order valence-corrected chi connectivity index (χ2v) is 7.02. The average Bonchev–Trinajstić information content (AvgIpc) is 3.17. The zero-order chi connectivity index (χ0) is 14.9. The molecule has 2 aliphatic heterocycles. The first kappa shape index (κ1) is 14.5. The average molecular weight is 311 g/mol. The topological polar surface area (TPSA) is 86.8 Å². The SMILES string of the molecule is N#C[C@H]1CN(S(=O)(=O)N2CCC[C@@H]2c2ccco2)CCO1. The molecule has 0 radical (unpaired) electrons. The molecular formula is C13H17N3O4S. The number of hydrogen-bond donors (Lipinski definition) is 0. The fourth-order valence-corrected chi connectivity index (χ4v) is 4.66. The van der Waals surface area contributed by atoms with E-state index >= 15 is 0 Å². The summed E-state index contributed by atoms with van der Waals surface area (Å²) in [5.41, 5.74) is 0.